The molecular weight excluding hydrogens is 308 g/mol. The molecule has 2 N–H and O–H groups in total. The van der Waals surface area contributed by atoms with Crippen LogP contribution in [0.4, 0.5) is 8.78 Å². The van der Waals surface area contributed by atoms with E-state index in [9.17, 15) is 8.78 Å². The third-order valence-electron chi connectivity index (χ3n) is 2.97. The van der Waals surface area contributed by atoms with Crippen molar-refractivity contribution in [3.63, 3.8) is 0 Å². The standard InChI is InChI=1S/C17H19F2NO.ClH/c1-17(2,20)11-21-16(12-3-7-14(18)8-4-12)13-5-9-15(19)10-6-13;/h3-10,16H,11,20H2,1-2H3;1H. The largest absolute Gasteiger partial charge is 0.367 e. The summed E-state index contributed by atoms with van der Waals surface area (Å²) in [4.78, 5) is 0. The first-order valence-corrected chi connectivity index (χ1v) is 6.76. The van der Waals surface area contributed by atoms with Gasteiger partial charge in [-0.05, 0) is 49.2 Å². The Kier molecular flexibility index (Phi) is 6.48. The van der Waals surface area contributed by atoms with Gasteiger partial charge in [0, 0.05) is 5.54 Å². The van der Waals surface area contributed by atoms with E-state index in [-0.39, 0.29) is 24.0 Å². The third kappa shape index (κ3) is 5.37. The van der Waals surface area contributed by atoms with Crippen LogP contribution in [0.3, 0.4) is 0 Å². The highest BCUT2D eigenvalue weighted by molar-refractivity contribution is 5.85. The molecule has 0 bridgehead atoms. The van der Waals surface area contributed by atoms with Crippen LogP contribution in [-0.2, 0) is 4.74 Å². The van der Waals surface area contributed by atoms with Crippen LogP contribution in [-0.4, -0.2) is 12.1 Å². The molecule has 0 unspecified atom stereocenters. The number of hydrogen-bond acceptors (Lipinski definition) is 2. The molecule has 0 aliphatic rings. The van der Waals surface area contributed by atoms with Crippen molar-refractivity contribution in [1.29, 1.82) is 0 Å². The topological polar surface area (TPSA) is 35.2 Å². The molecule has 0 spiro atoms. The van der Waals surface area contributed by atoms with Crippen LogP contribution < -0.4 is 5.73 Å². The lowest BCUT2D eigenvalue weighted by atomic mass is 10.0. The maximum Gasteiger partial charge on any atom is 0.123 e. The summed E-state index contributed by atoms with van der Waals surface area (Å²) < 4.78 is 32.0. The molecule has 5 heteroatoms. The van der Waals surface area contributed by atoms with Crippen molar-refractivity contribution in [2.24, 2.45) is 5.73 Å². The van der Waals surface area contributed by atoms with E-state index in [1.807, 2.05) is 13.8 Å². The van der Waals surface area contributed by atoms with E-state index in [0.717, 1.165) is 11.1 Å². The van der Waals surface area contributed by atoms with Crippen LogP contribution in [0.5, 0.6) is 0 Å². The minimum absolute atomic E-state index is 0. The Bertz CT molecular complexity index is 534. The second-order valence-electron chi connectivity index (χ2n) is 5.78. The SMILES string of the molecule is CC(C)(N)COC(c1ccc(F)cc1)c1ccc(F)cc1.Cl. The number of rotatable bonds is 5. The van der Waals surface area contributed by atoms with Gasteiger partial charge in [-0.2, -0.15) is 0 Å². The van der Waals surface area contributed by atoms with Crippen molar-refractivity contribution in [2.75, 3.05) is 6.61 Å². The fourth-order valence-corrected chi connectivity index (χ4v) is 1.96. The van der Waals surface area contributed by atoms with Gasteiger partial charge in [0.25, 0.3) is 0 Å². The number of nitrogens with two attached hydrogens (primary N) is 1. The molecule has 2 aromatic carbocycles. The zero-order valence-electron chi connectivity index (χ0n) is 12.6. The van der Waals surface area contributed by atoms with Crippen molar-refractivity contribution in [2.45, 2.75) is 25.5 Å². The molecular formula is C17H20ClF2NO. The van der Waals surface area contributed by atoms with Gasteiger partial charge in [0.15, 0.2) is 0 Å². The van der Waals surface area contributed by atoms with E-state index < -0.39 is 11.6 Å². The fourth-order valence-electron chi connectivity index (χ4n) is 1.96. The van der Waals surface area contributed by atoms with Crippen molar-refractivity contribution in [1.82, 2.24) is 0 Å². The molecule has 0 radical (unpaired) electrons. The van der Waals surface area contributed by atoms with Crippen LogP contribution in [0.2, 0.25) is 0 Å². The summed E-state index contributed by atoms with van der Waals surface area (Å²) in [6.07, 6.45) is -0.408. The maximum atomic E-state index is 13.1. The predicted octanol–water partition coefficient (Wildman–Crippen LogP) is 4.23. The lowest BCUT2D eigenvalue weighted by molar-refractivity contribution is 0.0503. The molecule has 0 aliphatic heterocycles. The van der Waals surface area contributed by atoms with Crippen LogP contribution >= 0.6 is 12.4 Å². The van der Waals surface area contributed by atoms with Crippen molar-refractivity contribution >= 4 is 12.4 Å². The lowest BCUT2D eigenvalue weighted by Crippen LogP contribution is -2.38. The van der Waals surface area contributed by atoms with Gasteiger partial charge < -0.3 is 10.5 Å². The first-order valence-electron chi connectivity index (χ1n) is 6.76. The zero-order chi connectivity index (χ0) is 15.5. The molecule has 0 heterocycles. The molecule has 120 valence electrons. The smallest absolute Gasteiger partial charge is 0.123 e. The Morgan fingerprint density at radius 3 is 1.59 bits per heavy atom. The van der Waals surface area contributed by atoms with Gasteiger partial charge in [-0.15, -0.1) is 12.4 Å². The molecule has 0 saturated heterocycles. The average molecular weight is 328 g/mol. The highest BCUT2D eigenvalue weighted by atomic mass is 35.5. The van der Waals surface area contributed by atoms with Crippen LogP contribution in [0.15, 0.2) is 48.5 Å². The summed E-state index contributed by atoms with van der Waals surface area (Å²) in [5.74, 6) is -0.619. The predicted molar refractivity (Wildman–Crippen MR) is 86.1 cm³/mol. The quantitative estimate of drug-likeness (QED) is 0.892. The second kappa shape index (κ2) is 7.68. The molecule has 0 aliphatic carbocycles. The summed E-state index contributed by atoms with van der Waals surface area (Å²) in [7, 11) is 0. The van der Waals surface area contributed by atoms with Crippen molar-refractivity contribution in [3.05, 3.63) is 71.3 Å². The molecule has 0 fully saturated rings. The Hall–Kier alpha value is -1.49. The van der Waals surface area contributed by atoms with Crippen molar-refractivity contribution in [3.8, 4) is 0 Å². The molecule has 22 heavy (non-hydrogen) atoms. The Morgan fingerprint density at radius 2 is 1.27 bits per heavy atom. The van der Waals surface area contributed by atoms with Crippen LogP contribution in [0, 0.1) is 11.6 Å². The van der Waals surface area contributed by atoms with Gasteiger partial charge in [-0.3, -0.25) is 0 Å². The minimum Gasteiger partial charge on any atom is -0.367 e. The van der Waals surface area contributed by atoms with Gasteiger partial charge in [-0.25, -0.2) is 8.78 Å². The minimum atomic E-state index is -0.488. The van der Waals surface area contributed by atoms with E-state index in [1.54, 1.807) is 24.3 Å². The summed E-state index contributed by atoms with van der Waals surface area (Å²) in [6, 6.07) is 12.1. The first kappa shape index (κ1) is 18.6. The molecule has 0 saturated carbocycles. The normalized spacial score (nSPS) is 11.4. The molecule has 2 nitrogen and oxygen atoms in total. The number of halogens is 3. The number of hydrogen-bond donors (Lipinski definition) is 1. The summed E-state index contributed by atoms with van der Waals surface area (Å²) in [5.41, 5.74) is 7.05. The van der Waals surface area contributed by atoms with Crippen molar-refractivity contribution < 1.29 is 13.5 Å². The van der Waals surface area contributed by atoms with E-state index in [4.69, 9.17) is 10.5 Å². The summed E-state index contributed by atoms with van der Waals surface area (Å²) >= 11 is 0. The first-order chi connectivity index (χ1) is 9.85. The van der Waals surface area contributed by atoms with Gasteiger partial charge in [-0.1, -0.05) is 24.3 Å². The van der Waals surface area contributed by atoms with Gasteiger partial charge in [0.2, 0.25) is 0 Å². The van der Waals surface area contributed by atoms with E-state index in [0.29, 0.717) is 6.61 Å². The molecule has 2 rings (SSSR count). The zero-order valence-corrected chi connectivity index (χ0v) is 13.4. The van der Waals surface area contributed by atoms with E-state index in [1.165, 1.54) is 24.3 Å². The van der Waals surface area contributed by atoms with Crippen LogP contribution in [0.25, 0.3) is 0 Å². The Balaban J connectivity index is 0.00000242. The third-order valence-corrected chi connectivity index (χ3v) is 2.97. The van der Waals surface area contributed by atoms with Gasteiger partial charge >= 0.3 is 0 Å². The molecule has 0 amide bonds. The Morgan fingerprint density at radius 1 is 0.909 bits per heavy atom. The maximum absolute atomic E-state index is 13.1. The number of ether oxygens (including phenoxy) is 1. The fraction of sp³-hybridized carbons (Fsp3) is 0.294. The number of benzene rings is 2. The monoisotopic (exact) mass is 327 g/mol. The molecule has 0 atom stereocenters. The van der Waals surface area contributed by atoms with Gasteiger partial charge in [0.05, 0.1) is 6.61 Å². The second-order valence-corrected chi connectivity index (χ2v) is 5.78. The molecule has 0 aromatic heterocycles. The van der Waals surface area contributed by atoms with Gasteiger partial charge in [0.1, 0.15) is 17.7 Å². The highest BCUT2D eigenvalue weighted by Gasteiger charge is 2.19. The Labute approximate surface area is 135 Å². The van der Waals surface area contributed by atoms with E-state index >= 15 is 0 Å². The van der Waals surface area contributed by atoms with E-state index in [2.05, 4.69) is 0 Å². The average Bonchev–Trinajstić information content (AvgIpc) is 2.41. The summed E-state index contributed by atoms with van der Waals surface area (Å²) in [6.45, 7) is 4.05. The highest BCUT2D eigenvalue weighted by Crippen LogP contribution is 2.27. The molecule has 2 aromatic rings. The summed E-state index contributed by atoms with van der Waals surface area (Å²) in [5, 5.41) is 0. The lowest BCUT2D eigenvalue weighted by Gasteiger charge is -2.25. The van der Waals surface area contributed by atoms with Crippen LogP contribution in [0.1, 0.15) is 31.1 Å².